The first-order chi connectivity index (χ1) is 13.9. The molecule has 0 bridgehead atoms. The van der Waals surface area contributed by atoms with Gasteiger partial charge in [0.2, 0.25) is 15.9 Å². The summed E-state index contributed by atoms with van der Waals surface area (Å²) in [6.07, 6.45) is 2.01. The molecule has 0 spiro atoms. The zero-order chi connectivity index (χ0) is 20.4. The fourth-order valence-electron chi connectivity index (χ4n) is 3.65. The first kappa shape index (κ1) is 20.0. The Morgan fingerprint density at radius 1 is 1.00 bits per heavy atom. The minimum absolute atomic E-state index is 0.0415. The molecule has 1 heterocycles. The second-order valence-electron chi connectivity index (χ2n) is 7.49. The Morgan fingerprint density at radius 2 is 1.69 bits per heavy atom. The molecule has 0 radical (unpaired) electrons. The Bertz CT molecular complexity index is 972. The number of rotatable bonds is 6. The number of carbonyl (C=O) groups excluding carboxylic acids is 1. The molecule has 1 unspecified atom stereocenters. The fraction of sp³-hybridized carbons (Fsp3) is 0.381. The maximum Gasteiger partial charge on any atom is 0.243 e. The predicted octanol–water partition coefficient (Wildman–Crippen LogP) is 2.15. The third-order valence-electron chi connectivity index (χ3n) is 5.36. The quantitative estimate of drug-likeness (QED) is 0.782. The standard InChI is InChI=1S/C21H24FN3O3S/c22-17-7-4-8-19(15-17)29(27,28)25-13-11-24(12-14-25)20(16-5-2-1-3-6-16)21(26)23-18-9-10-18/h1-8,15,18,20H,9-14H2,(H,23,26). The number of nitrogens with one attached hydrogen (secondary N) is 1. The highest BCUT2D eigenvalue weighted by Gasteiger charge is 2.36. The van der Waals surface area contributed by atoms with Crippen molar-refractivity contribution in [3.8, 4) is 0 Å². The summed E-state index contributed by atoms with van der Waals surface area (Å²) in [5.41, 5.74) is 0.895. The van der Waals surface area contributed by atoms with Gasteiger partial charge in [0.15, 0.2) is 0 Å². The normalized spacial score (nSPS) is 19.6. The second-order valence-corrected chi connectivity index (χ2v) is 9.43. The van der Waals surface area contributed by atoms with E-state index < -0.39 is 21.9 Å². The molecule has 2 fully saturated rings. The third-order valence-corrected chi connectivity index (χ3v) is 7.25. The summed E-state index contributed by atoms with van der Waals surface area (Å²) in [5.74, 6) is -0.620. The van der Waals surface area contributed by atoms with Crippen LogP contribution in [0.15, 0.2) is 59.5 Å². The Hall–Kier alpha value is -2.29. The van der Waals surface area contributed by atoms with Crippen LogP contribution in [0.25, 0.3) is 0 Å². The maximum atomic E-state index is 13.5. The first-order valence-corrected chi connectivity index (χ1v) is 11.2. The molecule has 2 aromatic carbocycles. The number of sulfonamides is 1. The van der Waals surface area contributed by atoms with E-state index >= 15 is 0 Å². The van der Waals surface area contributed by atoms with Crippen molar-refractivity contribution in [2.75, 3.05) is 26.2 Å². The SMILES string of the molecule is O=C(NC1CC1)C(c1ccccc1)N1CCN(S(=O)(=O)c2cccc(F)c2)CC1. The van der Waals surface area contributed by atoms with Crippen LogP contribution in [-0.2, 0) is 14.8 Å². The molecule has 1 aliphatic carbocycles. The Kier molecular flexibility index (Phi) is 5.67. The number of hydrogen-bond acceptors (Lipinski definition) is 4. The number of carbonyl (C=O) groups is 1. The largest absolute Gasteiger partial charge is 0.352 e. The van der Waals surface area contributed by atoms with Crippen molar-refractivity contribution in [1.29, 1.82) is 0 Å². The van der Waals surface area contributed by atoms with Crippen LogP contribution in [0.3, 0.4) is 0 Å². The summed E-state index contributed by atoms with van der Waals surface area (Å²) in [5, 5.41) is 3.07. The van der Waals surface area contributed by atoms with Gasteiger partial charge in [0.05, 0.1) is 4.90 Å². The average molecular weight is 418 g/mol. The predicted molar refractivity (Wildman–Crippen MR) is 107 cm³/mol. The van der Waals surface area contributed by atoms with Gasteiger partial charge < -0.3 is 5.32 Å². The number of amides is 1. The Labute approximate surface area is 170 Å². The van der Waals surface area contributed by atoms with E-state index in [-0.39, 0.29) is 29.9 Å². The average Bonchev–Trinajstić information content (AvgIpc) is 3.53. The summed E-state index contributed by atoms with van der Waals surface area (Å²) >= 11 is 0. The topological polar surface area (TPSA) is 69.7 Å². The molecule has 0 aromatic heterocycles. The van der Waals surface area contributed by atoms with E-state index in [1.54, 1.807) is 0 Å². The highest BCUT2D eigenvalue weighted by atomic mass is 32.2. The van der Waals surface area contributed by atoms with E-state index in [1.807, 2.05) is 35.2 Å². The van der Waals surface area contributed by atoms with Crippen molar-refractivity contribution in [3.05, 3.63) is 66.0 Å². The molecular weight excluding hydrogens is 393 g/mol. The van der Waals surface area contributed by atoms with Gasteiger partial charge in [0, 0.05) is 32.2 Å². The minimum atomic E-state index is -3.76. The van der Waals surface area contributed by atoms with Crippen molar-refractivity contribution < 1.29 is 17.6 Å². The van der Waals surface area contributed by atoms with Crippen molar-refractivity contribution in [1.82, 2.24) is 14.5 Å². The van der Waals surface area contributed by atoms with Gasteiger partial charge in [-0.1, -0.05) is 36.4 Å². The smallest absolute Gasteiger partial charge is 0.243 e. The van der Waals surface area contributed by atoms with E-state index in [9.17, 15) is 17.6 Å². The van der Waals surface area contributed by atoms with Crippen LogP contribution in [0, 0.1) is 5.82 Å². The monoisotopic (exact) mass is 417 g/mol. The molecular formula is C21H24FN3O3S. The van der Waals surface area contributed by atoms with Gasteiger partial charge in [-0.25, -0.2) is 12.8 Å². The molecule has 1 N–H and O–H groups in total. The molecule has 4 rings (SSSR count). The number of nitrogens with zero attached hydrogens (tertiary/aromatic N) is 2. The van der Waals surface area contributed by atoms with Gasteiger partial charge in [-0.2, -0.15) is 4.31 Å². The van der Waals surface area contributed by atoms with Crippen molar-refractivity contribution in [2.45, 2.75) is 29.8 Å². The van der Waals surface area contributed by atoms with E-state index in [1.165, 1.54) is 22.5 Å². The van der Waals surface area contributed by atoms with Crippen LogP contribution < -0.4 is 5.32 Å². The summed E-state index contributed by atoms with van der Waals surface area (Å²) in [4.78, 5) is 14.9. The van der Waals surface area contributed by atoms with Gasteiger partial charge in [-0.15, -0.1) is 0 Å². The summed E-state index contributed by atoms with van der Waals surface area (Å²) in [6, 6.07) is 14.4. The van der Waals surface area contributed by atoms with Gasteiger partial charge in [-0.05, 0) is 36.6 Å². The Morgan fingerprint density at radius 3 is 2.31 bits per heavy atom. The van der Waals surface area contributed by atoms with E-state index in [4.69, 9.17) is 0 Å². The second kappa shape index (κ2) is 8.22. The lowest BCUT2D eigenvalue weighted by Crippen LogP contribution is -2.52. The molecule has 1 saturated carbocycles. The van der Waals surface area contributed by atoms with E-state index in [0.717, 1.165) is 24.5 Å². The van der Waals surface area contributed by atoms with Crippen LogP contribution in [-0.4, -0.2) is 55.8 Å². The maximum absolute atomic E-state index is 13.5. The zero-order valence-corrected chi connectivity index (χ0v) is 16.8. The highest BCUT2D eigenvalue weighted by Crippen LogP contribution is 2.27. The van der Waals surface area contributed by atoms with Gasteiger partial charge in [0.1, 0.15) is 11.9 Å². The number of piperazine rings is 1. The molecule has 29 heavy (non-hydrogen) atoms. The van der Waals surface area contributed by atoms with E-state index in [0.29, 0.717) is 13.1 Å². The summed E-state index contributed by atoms with van der Waals surface area (Å²) in [6.45, 7) is 1.34. The molecule has 8 heteroatoms. The van der Waals surface area contributed by atoms with Crippen LogP contribution >= 0.6 is 0 Å². The van der Waals surface area contributed by atoms with Crippen molar-refractivity contribution >= 4 is 15.9 Å². The van der Waals surface area contributed by atoms with Crippen LogP contribution in [0.2, 0.25) is 0 Å². The summed E-state index contributed by atoms with van der Waals surface area (Å²) < 4.78 is 40.5. The Balaban J connectivity index is 1.49. The van der Waals surface area contributed by atoms with Crippen molar-refractivity contribution in [3.63, 3.8) is 0 Å². The third kappa shape index (κ3) is 4.49. The lowest BCUT2D eigenvalue weighted by molar-refractivity contribution is -0.127. The molecule has 2 aromatic rings. The number of hydrogen-bond donors (Lipinski definition) is 1. The molecule has 1 saturated heterocycles. The molecule has 1 atom stereocenters. The van der Waals surface area contributed by atoms with Gasteiger partial charge >= 0.3 is 0 Å². The number of halogens is 1. The van der Waals surface area contributed by atoms with Crippen LogP contribution in [0.4, 0.5) is 4.39 Å². The molecule has 6 nitrogen and oxygen atoms in total. The molecule has 154 valence electrons. The highest BCUT2D eigenvalue weighted by molar-refractivity contribution is 7.89. The lowest BCUT2D eigenvalue weighted by Gasteiger charge is -2.38. The zero-order valence-electron chi connectivity index (χ0n) is 16.0. The molecule has 2 aliphatic rings. The number of benzene rings is 2. The molecule has 1 aliphatic heterocycles. The van der Waals surface area contributed by atoms with Crippen LogP contribution in [0.1, 0.15) is 24.4 Å². The van der Waals surface area contributed by atoms with E-state index in [2.05, 4.69) is 5.32 Å². The van der Waals surface area contributed by atoms with Crippen LogP contribution in [0.5, 0.6) is 0 Å². The molecule has 1 amide bonds. The van der Waals surface area contributed by atoms with Gasteiger partial charge in [0.25, 0.3) is 0 Å². The van der Waals surface area contributed by atoms with Crippen molar-refractivity contribution in [2.24, 2.45) is 0 Å². The van der Waals surface area contributed by atoms with Gasteiger partial charge in [-0.3, -0.25) is 9.69 Å². The lowest BCUT2D eigenvalue weighted by atomic mass is 10.0. The summed E-state index contributed by atoms with van der Waals surface area (Å²) in [7, 11) is -3.76. The first-order valence-electron chi connectivity index (χ1n) is 9.80. The fourth-order valence-corrected chi connectivity index (χ4v) is 5.10. The minimum Gasteiger partial charge on any atom is -0.352 e.